The zero-order valence-corrected chi connectivity index (χ0v) is 12.1. The van der Waals surface area contributed by atoms with Crippen molar-refractivity contribution in [2.45, 2.75) is 20.0 Å². The van der Waals surface area contributed by atoms with Crippen molar-refractivity contribution in [3.63, 3.8) is 0 Å². The zero-order valence-electron chi connectivity index (χ0n) is 10.5. The second-order valence-corrected chi connectivity index (χ2v) is 5.32. The Morgan fingerprint density at radius 1 is 1.35 bits per heavy atom. The minimum Gasteiger partial charge on any atom is -0.496 e. The van der Waals surface area contributed by atoms with Crippen molar-refractivity contribution in [2.75, 3.05) is 20.2 Å². The first-order chi connectivity index (χ1) is 8.04. The van der Waals surface area contributed by atoms with Crippen LogP contribution in [-0.4, -0.2) is 25.3 Å². The summed E-state index contributed by atoms with van der Waals surface area (Å²) < 4.78 is 6.01. The van der Waals surface area contributed by atoms with Crippen molar-refractivity contribution in [3.05, 3.63) is 28.2 Å². The van der Waals surface area contributed by atoms with Gasteiger partial charge >= 0.3 is 0 Å². The molecule has 0 aliphatic rings. The summed E-state index contributed by atoms with van der Waals surface area (Å²) in [6.45, 7) is 5.76. The van der Waals surface area contributed by atoms with E-state index in [1.165, 1.54) is 0 Å². The van der Waals surface area contributed by atoms with E-state index in [1.807, 2.05) is 18.2 Å². The molecule has 0 aliphatic carbocycles. The molecule has 0 radical (unpaired) electrons. The van der Waals surface area contributed by atoms with Crippen LogP contribution in [0.1, 0.15) is 25.5 Å². The summed E-state index contributed by atoms with van der Waals surface area (Å²) in [5.74, 6) is 1.36. The minimum absolute atomic E-state index is 0.490. The summed E-state index contributed by atoms with van der Waals surface area (Å²) in [4.78, 5) is 0. The number of hydrogen-bond acceptors (Lipinski definition) is 3. The van der Waals surface area contributed by atoms with Gasteiger partial charge in [0.25, 0.3) is 0 Å². The number of halogens is 1. The summed E-state index contributed by atoms with van der Waals surface area (Å²) >= 11 is 3.41. The number of rotatable bonds is 6. The van der Waals surface area contributed by atoms with E-state index in [0.29, 0.717) is 12.5 Å². The van der Waals surface area contributed by atoms with Gasteiger partial charge in [-0.2, -0.15) is 0 Å². The maximum Gasteiger partial charge on any atom is 0.133 e. The quantitative estimate of drug-likeness (QED) is 0.849. The molecule has 0 spiro atoms. The van der Waals surface area contributed by atoms with E-state index < -0.39 is 6.10 Å². The highest BCUT2D eigenvalue weighted by Gasteiger charge is 2.09. The van der Waals surface area contributed by atoms with Gasteiger partial charge in [0.05, 0.1) is 17.7 Å². The highest BCUT2D eigenvalue weighted by molar-refractivity contribution is 9.10. The minimum atomic E-state index is -0.490. The van der Waals surface area contributed by atoms with Crippen LogP contribution in [-0.2, 0) is 0 Å². The van der Waals surface area contributed by atoms with Crippen LogP contribution < -0.4 is 10.1 Å². The molecule has 1 rings (SSSR count). The molecule has 0 amide bonds. The summed E-state index contributed by atoms with van der Waals surface area (Å²) in [5.41, 5.74) is 0.883. The third kappa shape index (κ3) is 4.66. The number of ether oxygens (including phenoxy) is 1. The van der Waals surface area contributed by atoms with E-state index in [-0.39, 0.29) is 0 Å². The Labute approximate surface area is 111 Å². The fraction of sp³-hybridized carbons (Fsp3) is 0.538. The van der Waals surface area contributed by atoms with Crippen LogP contribution in [0.25, 0.3) is 0 Å². The van der Waals surface area contributed by atoms with Gasteiger partial charge in [0.15, 0.2) is 0 Å². The van der Waals surface area contributed by atoms with Crippen molar-refractivity contribution in [3.8, 4) is 5.75 Å². The molecule has 0 heterocycles. The van der Waals surface area contributed by atoms with E-state index in [4.69, 9.17) is 4.74 Å². The van der Waals surface area contributed by atoms with Crippen LogP contribution >= 0.6 is 15.9 Å². The molecule has 0 fully saturated rings. The Kier molecular flexibility index (Phi) is 5.95. The maximum atomic E-state index is 10.00. The Morgan fingerprint density at radius 2 is 2.06 bits per heavy atom. The molecular weight excluding hydrogens is 282 g/mol. The van der Waals surface area contributed by atoms with Crippen molar-refractivity contribution in [2.24, 2.45) is 5.92 Å². The predicted molar refractivity (Wildman–Crippen MR) is 73.4 cm³/mol. The fourth-order valence-electron chi connectivity index (χ4n) is 1.52. The predicted octanol–water partition coefficient (Wildman–Crippen LogP) is 2.74. The first-order valence-corrected chi connectivity index (χ1v) is 6.56. The molecule has 0 aromatic heterocycles. The van der Waals surface area contributed by atoms with E-state index in [2.05, 4.69) is 35.1 Å². The monoisotopic (exact) mass is 301 g/mol. The maximum absolute atomic E-state index is 10.00. The van der Waals surface area contributed by atoms with Gasteiger partial charge < -0.3 is 15.2 Å². The molecular formula is C13H20BrNO2. The molecule has 1 atom stereocenters. The summed E-state index contributed by atoms with van der Waals surface area (Å²) in [5, 5.41) is 13.2. The van der Waals surface area contributed by atoms with Crippen LogP contribution in [0.4, 0.5) is 0 Å². The van der Waals surface area contributed by atoms with Crippen molar-refractivity contribution in [1.29, 1.82) is 0 Å². The molecule has 0 aliphatic heterocycles. The number of nitrogens with one attached hydrogen (secondary N) is 1. The molecule has 3 nitrogen and oxygen atoms in total. The van der Waals surface area contributed by atoms with Gasteiger partial charge in [0.2, 0.25) is 0 Å². The van der Waals surface area contributed by atoms with Crippen molar-refractivity contribution < 1.29 is 9.84 Å². The fourth-order valence-corrected chi connectivity index (χ4v) is 2.07. The molecule has 0 saturated heterocycles. The topological polar surface area (TPSA) is 41.5 Å². The van der Waals surface area contributed by atoms with Gasteiger partial charge in [0.1, 0.15) is 5.75 Å². The number of benzene rings is 1. The average Bonchev–Trinajstić information content (AvgIpc) is 2.28. The molecule has 2 N–H and O–H groups in total. The number of aliphatic hydroxyl groups is 1. The van der Waals surface area contributed by atoms with Crippen LogP contribution in [0.5, 0.6) is 5.75 Å². The highest BCUT2D eigenvalue weighted by Crippen LogP contribution is 2.27. The van der Waals surface area contributed by atoms with Crippen LogP contribution in [0.3, 0.4) is 0 Å². The zero-order chi connectivity index (χ0) is 12.8. The molecule has 0 saturated carbocycles. The molecule has 17 heavy (non-hydrogen) atoms. The van der Waals surface area contributed by atoms with E-state index in [0.717, 1.165) is 22.3 Å². The largest absolute Gasteiger partial charge is 0.496 e. The summed E-state index contributed by atoms with van der Waals surface area (Å²) in [7, 11) is 1.63. The van der Waals surface area contributed by atoms with E-state index in [9.17, 15) is 5.11 Å². The van der Waals surface area contributed by atoms with E-state index >= 15 is 0 Å². The van der Waals surface area contributed by atoms with E-state index in [1.54, 1.807) is 7.11 Å². The SMILES string of the molecule is COc1ccc(C(O)CNCC(C)C)cc1Br. The molecule has 1 aromatic rings. The third-order valence-corrected chi connectivity index (χ3v) is 3.07. The van der Waals surface area contributed by atoms with Crippen LogP contribution in [0.2, 0.25) is 0 Å². The first-order valence-electron chi connectivity index (χ1n) is 5.76. The normalized spacial score (nSPS) is 12.8. The van der Waals surface area contributed by atoms with Crippen molar-refractivity contribution in [1.82, 2.24) is 5.32 Å². The van der Waals surface area contributed by atoms with Gasteiger partial charge in [-0.15, -0.1) is 0 Å². The average molecular weight is 302 g/mol. The van der Waals surface area contributed by atoms with Gasteiger partial charge in [-0.1, -0.05) is 19.9 Å². The summed E-state index contributed by atoms with van der Waals surface area (Å²) in [6.07, 6.45) is -0.490. The Balaban J connectivity index is 2.57. The number of aliphatic hydroxyl groups excluding tert-OH is 1. The third-order valence-electron chi connectivity index (χ3n) is 2.45. The van der Waals surface area contributed by atoms with Crippen molar-refractivity contribution >= 4 is 15.9 Å². The van der Waals surface area contributed by atoms with Gasteiger partial charge in [0, 0.05) is 6.54 Å². The van der Waals surface area contributed by atoms with Gasteiger partial charge in [-0.05, 0) is 46.1 Å². The molecule has 1 aromatic carbocycles. The van der Waals surface area contributed by atoms with Crippen LogP contribution in [0.15, 0.2) is 22.7 Å². The second kappa shape index (κ2) is 6.99. The Bertz CT molecular complexity index is 355. The number of hydrogen-bond donors (Lipinski definition) is 2. The molecule has 1 unspecified atom stereocenters. The van der Waals surface area contributed by atoms with Gasteiger partial charge in [-0.25, -0.2) is 0 Å². The lowest BCUT2D eigenvalue weighted by molar-refractivity contribution is 0.173. The molecule has 0 bridgehead atoms. The lowest BCUT2D eigenvalue weighted by atomic mass is 10.1. The lowest BCUT2D eigenvalue weighted by Crippen LogP contribution is -2.25. The van der Waals surface area contributed by atoms with Crippen LogP contribution in [0, 0.1) is 5.92 Å². The van der Waals surface area contributed by atoms with Gasteiger partial charge in [-0.3, -0.25) is 0 Å². The number of methoxy groups -OCH3 is 1. The smallest absolute Gasteiger partial charge is 0.133 e. The molecule has 4 heteroatoms. The second-order valence-electron chi connectivity index (χ2n) is 4.46. The standard InChI is InChI=1S/C13H20BrNO2/c1-9(2)7-15-8-12(16)10-4-5-13(17-3)11(14)6-10/h4-6,9,12,15-16H,7-8H2,1-3H3. The first kappa shape index (κ1) is 14.5. The Morgan fingerprint density at radius 3 is 2.59 bits per heavy atom. The Hall–Kier alpha value is -0.580. The highest BCUT2D eigenvalue weighted by atomic mass is 79.9. The lowest BCUT2D eigenvalue weighted by Gasteiger charge is -2.14. The molecule has 96 valence electrons. The summed E-state index contributed by atoms with van der Waals surface area (Å²) in [6, 6.07) is 5.62.